The third kappa shape index (κ3) is 8.06. The standard InChI is InChI=1S/C24H44O6/c1-9-20(26-5)17(3)13-14-19(25)16(2)11-10-12-18(4)23-21(27-6)15-22(28-7)24(29-8)30-23/h10-12,16-17,19-25H,9,13-15H2,1-8H3/b11-10+,18-12+/t16?,17?,19?,20?,21-,22?,23?,24-/m1/s1. The number of methoxy groups -OCH3 is 4. The van der Waals surface area contributed by atoms with E-state index in [0.717, 1.165) is 24.8 Å². The third-order valence-corrected chi connectivity index (χ3v) is 6.31. The van der Waals surface area contributed by atoms with Gasteiger partial charge in [0, 0.05) is 40.8 Å². The fourth-order valence-corrected chi connectivity index (χ4v) is 4.11. The predicted molar refractivity (Wildman–Crippen MR) is 119 cm³/mol. The summed E-state index contributed by atoms with van der Waals surface area (Å²) in [6.45, 7) is 8.39. The number of allylic oxidation sites excluding steroid dienone is 2. The fourth-order valence-electron chi connectivity index (χ4n) is 4.11. The van der Waals surface area contributed by atoms with Gasteiger partial charge in [0.05, 0.1) is 18.3 Å². The Hall–Kier alpha value is -0.760. The number of aliphatic hydroxyl groups is 1. The second kappa shape index (κ2) is 14.3. The van der Waals surface area contributed by atoms with E-state index in [-0.39, 0.29) is 36.4 Å². The van der Waals surface area contributed by atoms with Crippen molar-refractivity contribution in [1.29, 1.82) is 0 Å². The van der Waals surface area contributed by atoms with Gasteiger partial charge in [0.15, 0.2) is 6.29 Å². The highest BCUT2D eigenvalue weighted by molar-refractivity contribution is 5.17. The molecule has 0 radical (unpaired) electrons. The van der Waals surface area contributed by atoms with Gasteiger partial charge >= 0.3 is 0 Å². The highest BCUT2D eigenvalue weighted by Gasteiger charge is 2.39. The average molecular weight is 429 g/mol. The fraction of sp³-hybridized carbons (Fsp3) is 0.833. The SMILES string of the molecule is CCC(OC)C(C)CCC(O)C(C)/C=C/C=C(\C)C1O[C@@H](OC)C(OC)C[C@H]1OC. The Bertz CT molecular complexity index is 516. The van der Waals surface area contributed by atoms with Crippen LogP contribution in [0.4, 0.5) is 0 Å². The molecule has 176 valence electrons. The molecule has 6 nitrogen and oxygen atoms in total. The van der Waals surface area contributed by atoms with Gasteiger partial charge in [-0.1, -0.05) is 39.0 Å². The van der Waals surface area contributed by atoms with E-state index in [0.29, 0.717) is 12.3 Å². The van der Waals surface area contributed by atoms with Crippen molar-refractivity contribution in [3.05, 3.63) is 23.8 Å². The van der Waals surface area contributed by atoms with E-state index in [1.54, 1.807) is 28.4 Å². The van der Waals surface area contributed by atoms with Gasteiger partial charge in [0.1, 0.15) is 12.2 Å². The van der Waals surface area contributed by atoms with Gasteiger partial charge in [-0.2, -0.15) is 0 Å². The second-order valence-corrected chi connectivity index (χ2v) is 8.40. The van der Waals surface area contributed by atoms with Gasteiger partial charge in [-0.3, -0.25) is 0 Å². The van der Waals surface area contributed by atoms with Crippen molar-refractivity contribution in [2.24, 2.45) is 11.8 Å². The molecule has 6 heteroatoms. The van der Waals surface area contributed by atoms with Crippen molar-refractivity contribution in [3.63, 3.8) is 0 Å². The molecular weight excluding hydrogens is 384 g/mol. The number of hydrogen-bond acceptors (Lipinski definition) is 6. The van der Waals surface area contributed by atoms with Crippen LogP contribution >= 0.6 is 0 Å². The quantitative estimate of drug-likeness (QED) is 0.445. The Morgan fingerprint density at radius 3 is 2.27 bits per heavy atom. The molecular formula is C24H44O6. The van der Waals surface area contributed by atoms with Gasteiger partial charge in [-0.25, -0.2) is 0 Å². The molecule has 6 unspecified atom stereocenters. The first-order valence-electron chi connectivity index (χ1n) is 11.1. The van der Waals surface area contributed by atoms with Crippen LogP contribution in [-0.4, -0.2) is 70.4 Å². The van der Waals surface area contributed by atoms with Crippen molar-refractivity contribution < 1.29 is 28.8 Å². The maximum atomic E-state index is 10.5. The van der Waals surface area contributed by atoms with Crippen LogP contribution in [0.2, 0.25) is 0 Å². The Balaban J connectivity index is 2.63. The minimum Gasteiger partial charge on any atom is -0.393 e. The first kappa shape index (κ1) is 27.3. The largest absolute Gasteiger partial charge is 0.393 e. The van der Waals surface area contributed by atoms with E-state index in [2.05, 4.69) is 13.8 Å². The molecule has 0 aromatic carbocycles. The summed E-state index contributed by atoms with van der Waals surface area (Å²) < 4.78 is 28.1. The molecule has 1 aliphatic heterocycles. The second-order valence-electron chi connectivity index (χ2n) is 8.40. The zero-order valence-electron chi connectivity index (χ0n) is 20.2. The summed E-state index contributed by atoms with van der Waals surface area (Å²) in [7, 11) is 6.73. The summed E-state index contributed by atoms with van der Waals surface area (Å²) in [6, 6.07) is 0. The Kier molecular flexibility index (Phi) is 13.0. The summed E-state index contributed by atoms with van der Waals surface area (Å²) >= 11 is 0. The topological polar surface area (TPSA) is 66.4 Å². The predicted octanol–water partition coefficient (Wildman–Crippen LogP) is 4.12. The number of aliphatic hydroxyl groups excluding tert-OH is 1. The first-order chi connectivity index (χ1) is 14.3. The molecule has 1 rings (SSSR count). The van der Waals surface area contributed by atoms with Crippen molar-refractivity contribution in [2.45, 2.75) is 90.2 Å². The van der Waals surface area contributed by atoms with Crippen LogP contribution in [-0.2, 0) is 23.7 Å². The third-order valence-electron chi connectivity index (χ3n) is 6.31. The summed E-state index contributed by atoms with van der Waals surface area (Å²) in [6.07, 6.45) is 8.51. The number of rotatable bonds is 13. The first-order valence-corrected chi connectivity index (χ1v) is 11.1. The Morgan fingerprint density at radius 2 is 1.73 bits per heavy atom. The summed E-state index contributed by atoms with van der Waals surface area (Å²) in [5.41, 5.74) is 1.05. The van der Waals surface area contributed by atoms with E-state index >= 15 is 0 Å². The van der Waals surface area contributed by atoms with E-state index < -0.39 is 6.29 Å². The highest BCUT2D eigenvalue weighted by Crippen LogP contribution is 2.29. The van der Waals surface area contributed by atoms with Crippen LogP contribution in [0.1, 0.15) is 53.4 Å². The van der Waals surface area contributed by atoms with Crippen molar-refractivity contribution in [2.75, 3.05) is 28.4 Å². The average Bonchev–Trinajstić information content (AvgIpc) is 2.76. The van der Waals surface area contributed by atoms with Gasteiger partial charge in [-0.15, -0.1) is 0 Å². The summed E-state index contributed by atoms with van der Waals surface area (Å²) in [5, 5.41) is 10.5. The molecule has 0 saturated carbocycles. The molecule has 1 aliphatic rings. The van der Waals surface area contributed by atoms with Gasteiger partial charge in [-0.05, 0) is 37.7 Å². The van der Waals surface area contributed by atoms with Crippen molar-refractivity contribution in [3.8, 4) is 0 Å². The van der Waals surface area contributed by atoms with Crippen molar-refractivity contribution >= 4 is 0 Å². The lowest BCUT2D eigenvalue weighted by Crippen LogP contribution is -2.49. The summed E-state index contributed by atoms with van der Waals surface area (Å²) in [4.78, 5) is 0. The molecule has 0 bridgehead atoms. The number of ether oxygens (including phenoxy) is 5. The molecule has 1 N–H and O–H groups in total. The van der Waals surface area contributed by atoms with Crippen molar-refractivity contribution in [1.82, 2.24) is 0 Å². The normalized spacial score (nSPS) is 29.7. The maximum Gasteiger partial charge on any atom is 0.184 e. The molecule has 0 aromatic heterocycles. The van der Waals surface area contributed by atoms with Gasteiger partial charge < -0.3 is 28.8 Å². The summed E-state index contributed by atoms with van der Waals surface area (Å²) in [5.74, 6) is 0.506. The molecule has 0 aliphatic carbocycles. The van der Waals surface area contributed by atoms with E-state index in [4.69, 9.17) is 23.7 Å². The van der Waals surface area contributed by atoms with Crippen LogP contribution in [0.5, 0.6) is 0 Å². The Labute approximate surface area is 183 Å². The molecule has 8 atom stereocenters. The van der Waals surface area contributed by atoms with Crippen LogP contribution < -0.4 is 0 Å². The lowest BCUT2D eigenvalue weighted by atomic mass is 9.91. The smallest absolute Gasteiger partial charge is 0.184 e. The van der Waals surface area contributed by atoms with E-state index in [9.17, 15) is 5.11 Å². The Morgan fingerprint density at radius 1 is 1.07 bits per heavy atom. The number of hydrogen-bond donors (Lipinski definition) is 1. The molecule has 1 fully saturated rings. The van der Waals surface area contributed by atoms with Crippen LogP contribution in [0.3, 0.4) is 0 Å². The van der Waals surface area contributed by atoms with Gasteiger partial charge in [0.2, 0.25) is 0 Å². The minimum atomic E-state index is -0.416. The molecule has 30 heavy (non-hydrogen) atoms. The van der Waals surface area contributed by atoms with Crippen LogP contribution in [0.25, 0.3) is 0 Å². The molecule has 0 spiro atoms. The van der Waals surface area contributed by atoms with Crippen LogP contribution in [0.15, 0.2) is 23.8 Å². The maximum absolute atomic E-state index is 10.5. The lowest BCUT2D eigenvalue weighted by molar-refractivity contribution is -0.256. The molecule has 1 heterocycles. The molecule has 1 saturated heterocycles. The monoisotopic (exact) mass is 428 g/mol. The van der Waals surface area contributed by atoms with E-state index in [1.165, 1.54) is 0 Å². The van der Waals surface area contributed by atoms with Gasteiger partial charge in [0.25, 0.3) is 0 Å². The van der Waals surface area contributed by atoms with Crippen LogP contribution in [0, 0.1) is 11.8 Å². The zero-order valence-corrected chi connectivity index (χ0v) is 20.2. The lowest BCUT2D eigenvalue weighted by Gasteiger charge is -2.39. The highest BCUT2D eigenvalue weighted by atomic mass is 16.7. The zero-order chi connectivity index (χ0) is 22.7. The molecule has 0 aromatic rings. The molecule has 0 amide bonds. The minimum absolute atomic E-state index is 0.0685. The van der Waals surface area contributed by atoms with E-state index in [1.807, 2.05) is 32.1 Å².